The zero-order chi connectivity index (χ0) is 22.9. The van der Waals surface area contributed by atoms with E-state index in [1.54, 1.807) is 71.9 Å². The van der Waals surface area contributed by atoms with Crippen molar-refractivity contribution < 1.29 is 28.6 Å². The van der Waals surface area contributed by atoms with Crippen molar-refractivity contribution in [2.75, 3.05) is 6.61 Å². The van der Waals surface area contributed by atoms with E-state index in [1.807, 2.05) is 6.07 Å². The van der Waals surface area contributed by atoms with Crippen LogP contribution in [-0.2, 0) is 25.4 Å². The molecule has 9 nitrogen and oxygen atoms in total. The molecular formula is C21H29N3O6. The number of rotatable bonds is 6. The lowest BCUT2D eigenvalue weighted by molar-refractivity contribution is -0.146. The third-order valence-corrected chi connectivity index (χ3v) is 3.28. The van der Waals surface area contributed by atoms with Crippen molar-refractivity contribution in [1.82, 2.24) is 10.4 Å². The topological polar surface area (TPSA) is 118 Å². The van der Waals surface area contributed by atoms with Crippen LogP contribution in [0, 0.1) is 11.3 Å². The summed E-state index contributed by atoms with van der Waals surface area (Å²) in [5.74, 6) is -0.808. The second-order valence-corrected chi connectivity index (χ2v) is 8.43. The molecule has 0 fully saturated rings. The Hall–Kier alpha value is -3.12. The zero-order valence-electron chi connectivity index (χ0n) is 18.2. The molecule has 0 aliphatic heterocycles. The number of nitriles is 1. The van der Waals surface area contributed by atoms with Gasteiger partial charge >= 0.3 is 18.2 Å². The van der Waals surface area contributed by atoms with Gasteiger partial charge in [0.25, 0.3) is 0 Å². The highest BCUT2D eigenvalue weighted by Crippen LogP contribution is 2.15. The molecule has 0 aliphatic carbocycles. The van der Waals surface area contributed by atoms with Crippen LogP contribution in [0.5, 0.6) is 0 Å². The van der Waals surface area contributed by atoms with Crippen LogP contribution in [0.15, 0.2) is 30.3 Å². The smallest absolute Gasteiger partial charge is 0.434 e. The highest BCUT2D eigenvalue weighted by Gasteiger charge is 2.35. The molecule has 0 saturated carbocycles. The molecule has 1 aromatic carbocycles. The third-order valence-electron chi connectivity index (χ3n) is 3.28. The van der Waals surface area contributed by atoms with Gasteiger partial charge in [0, 0.05) is 6.42 Å². The lowest BCUT2D eigenvalue weighted by atomic mass is 10.1. The molecule has 1 N–H and O–H groups in total. The monoisotopic (exact) mass is 419 g/mol. The summed E-state index contributed by atoms with van der Waals surface area (Å²) in [4.78, 5) is 37.8. The van der Waals surface area contributed by atoms with Crippen LogP contribution in [0.2, 0.25) is 0 Å². The largest absolute Gasteiger partial charge is 0.449 e. The Morgan fingerprint density at radius 1 is 1.00 bits per heavy atom. The first-order chi connectivity index (χ1) is 13.8. The van der Waals surface area contributed by atoms with Crippen molar-refractivity contribution in [3.63, 3.8) is 0 Å². The highest BCUT2D eigenvalue weighted by molar-refractivity contribution is 5.88. The first-order valence-corrected chi connectivity index (χ1v) is 9.42. The minimum atomic E-state index is -1.15. The summed E-state index contributed by atoms with van der Waals surface area (Å²) < 4.78 is 15.4. The molecular weight excluding hydrogens is 390 g/mol. The Morgan fingerprint density at radius 2 is 1.50 bits per heavy atom. The van der Waals surface area contributed by atoms with Gasteiger partial charge < -0.3 is 14.2 Å². The van der Waals surface area contributed by atoms with Gasteiger partial charge in [0.15, 0.2) is 6.61 Å². The van der Waals surface area contributed by atoms with Gasteiger partial charge in [0.1, 0.15) is 23.3 Å². The van der Waals surface area contributed by atoms with Gasteiger partial charge in [0.2, 0.25) is 0 Å². The van der Waals surface area contributed by atoms with Crippen LogP contribution in [0.25, 0.3) is 0 Å². The summed E-state index contributed by atoms with van der Waals surface area (Å²) in [5.41, 5.74) is 1.52. The van der Waals surface area contributed by atoms with Crippen LogP contribution in [0.3, 0.4) is 0 Å². The van der Waals surface area contributed by atoms with Gasteiger partial charge in [-0.25, -0.2) is 15.0 Å². The lowest BCUT2D eigenvalue weighted by Crippen LogP contribution is -2.57. The maximum absolute atomic E-state index is 12.6. The molecule has 9 heteroatoms. The molecule has 1 atom stereocenters. The number of carbonyl (C=O) groups excluding carboxylic acids is 3. The van der Waals surface area contributed by atoms with E-state index >= 15 is 0 Å². The molecule has 2 amide bonds. The fraction of sp³-hybridized carbons (Fsp3) is 0.524. The minimum Gasteiger partial charge on any atom is -0.449 e. The predicted molar refractivity (Wildman–Crippen MR) is 108 cm³/mol. The first-order valence-electron chi connectivity index (χ1n) is 9.42. The highest BCUT2D eigenvalue weighted by atomic mass is 16.6. The Labute approximate surface area is 176 Å². The second-order valence-electron chi connectivity index (χ2n) is 8.43. The lowest BCUT2D eigenvalue weighted by Gasteiger charge is -2.30. The normalized spacial score (nSPS) is 12.3. The Kier molecular flexibility index (Phi) is 8.80. The number of hydrazine groups is 1. The summed E-state index contributed by atoms with van der Waals surface area (Å²) in [6, 6.07) is 9.49. The van der Waals surface area contributed by atoms with E-state index < -0.39 is 42.0 Å². The number of hydrogen-bond acceptors (Lipinski definition) is 8. The Morgan fingerprint density at radius 3 is 1.93 bits per heavy atom. The number of carbonyl (C=O) groups is 3. The van der Waals surface area contributed by atoms with Gasteiger partial charge in [-0.2, -0.15) is 5.26 Å². The van der Waals surface area contributed by atoms with Crippen LogP contribution in [0.4, 0.5) is 9.59 Å². The molecule has 0 radical (unpaired) electrons. The van der Waals surface area contributed by atoms with Crippen molar-refractivity contribution in [2.24, 2.45) is 0 Å². The zero-order valence-corrected chi connectivity index (χ0v) is 18.2. The summed E-state index contributed by atoms with van der Waals surface area (Å²) in [7, 11) is 0. The fourth-order valence-corrected chi connectivity index (χ4v) is 2.19. The average Bonchev–Trinajstić information content (AvgIpc) is 2.60. The molecule has 0 spiro atoms. The van der Waals surface area contributed by atoms with Crippen molar-refractivity contribution in [1.29, 1.82) is 5.26 Å². The number of hydrogen-bond donors (Lipinski definition) is 1. The SMILES string of the molecule is CC(C)(C)OC(=O)N(N[C@@H](Cc1ccccc1)C(=O)OCC#N)C(=O)OC(C)(C)C. The number of benzene rings is 1. The number of nitrogens with one attached hydrogen (secondary N) is 1. The molecule has 0 aromatic heterocycles. The first kappa shape index (κ1) is 24.9. The van der Waals surface area contributed by atoms with E-state index in [-0.39, 0.29) is 6.42 Å². The van der Waals surface area contributed by atoms with Gasteiger partial charge in [-0.1, -0.05) is 30.3 Å². The predicted octanol–water partition coefficient (Wildman–Crippen LogP) is 3.34. The number of ether oxygens (including phenoxy) is 3. The average molecular weight is 419 g/mol. The van der Waals surface area contributed by atoms with E-state index in [0.29, 0.717) is 5.01 Å². The molecule has 1 rings (SSSR count). The van der Waals surface area contributed by atoms with E-state index in [2.05, 4.69) is 5.43 Å². The molecule has 0 heterocycles. The number of nitrogens with zero attached hydrogens (tertiary/aromatic N) is 2. The summed E-state index contributed by atoms with van der Waals surface area (Å²) in [6.07, 6.45) is -1.99. The molecule has 0 unspecified atom stereocenters. The molecule has 0 aliphatic rings. The van der Waals surface area contributed by atoms with Gasteiger partial charge in [-0.05, 0) is 47.1 Å². The van der Waals surface area contributed by atoms with Crippen molar-refractivity contribution in [3.05, 3.63) is 35.9 Å². The van der Waals surface area contributed by atoms with Gasteiger partial charge in [-0.3, -0.25) is 4.79 Å². The van der Waals surface area contributed by atoms with Crippen LogP contribution in [0.1, 0.15) is 47.1 Å². The summed E-state index contributed by atoms with van der Waals surface area (Å²) in [6.45, 7) is 9.37. The molecule has 30 heavy (non-hydrogen) atoms. The van der Waals surface area contributed by atoms with Crippen molar-refractivity contribution in [2.45, 2.75) is 65.2 Å². The van der Waals surface area contributed by atoms with E-state index in [0.717, 1.165) is 5.56 Å². The van der Waals surface area contributed by atoms with Crippen molar-refractivity contribution in [3.8, 4) is 6.07 Å². The maximum atomic E-state index is 12.6. The van der Waals surface area contributed by atoms with Crippen LogP contribution in [-0.4, -0.2) is 47.0 Å². The second kappa shape index (κ2) is 10.6. The van der Waals surface area contributed by atoms with Gasteiger partial charge in [-0.15, -0.1) is 5.01 Å². The molecule has 164 valence electrons. The Balaban J connectivity index is 3.17. The van der Waals surface area contributed by atoms with Crippen LogP contribution >= 0.6 is 0 Å². The number of amides is 2. The summed E-state index contributed by atoms with van der Waals surface area (Å²) in [5, 5.41) is 9.21. The quantitative estimate of drug-likeness (QED) is 0.424. The third kappa shape index (κ3) is 9.39. The number of esters is 1. The maximum Gasteiger partial charge on any atom is 0.434 e. The molecule has 0 saturated heterocycles. The van der Waals surface area contributed by atoms with Crippen molar-refractivity contribution >= 4 is 18.2 Å². The number of imide groups is 1. The standard InChI is InChI=1S/C21H29N3O6/c1-20(2,3)29-18(26)24(19(27)30-21(4,5)6)23-16(17(25)28-13-12-22)14-15-10-8-7-9-11-15/h7-11,16,23H,13-14H2,1-6H3/t16-/m0/s1. The van der Waals surface area contributed by atoms with Gasteiger partial charge in [0.05, 0.1) is 0 Å². The Bertz CT molecular complexity index is 747. The van der Waals surface area contributed by atoms with Crippen LogP contribution < -0.4 is 5.43 Å². The van der Waals surface area contributed by atoms with E-state index in [4.69, 9.17) is 19.5 Å². The molecule has 1 aromatic rings. The van der Waals surface area contributed by atoms with E-state index in [9.17, 15) is 14.4 Å². The van der Waals surface area contributed by atoms with E-state index in [1.165, 1.54) is 0 Å². The minimum absolute atomic E-state index is 0.0905. The molecule has 0 bridgehead atoms. The fourth-order valence-electron chi connectivity index (χ4n) is 2.19. The summed E-state index contributed by atoms with van der Waals surface area (Å²) >= 11 is 0.